The van der Waals surface area contributed by atoms with Gasteiger partial charge in [0, 0.05) is 36.5 Å². The van der Waals surface area contributed by atoms with E-state index in [0.29, 0.717) is 0 Å². The lowest BCUT2D eigenvalue weighted by molar-refractivity contribution is 0.270. The van der Waals surface area contributed by atoms with Crippen molar-refractivity contribution in [2.75, 3.05) is 37.6 Å². The molecule has 1 aliphatic heterocycles. The molecule has 25 heavy (non-hydrogen) atoms. The highest BCUT2D eigenvalue weighted by atomic mass is 32.2. The Morgan fingerprint density at radius 1 is 0.920 bits per heavy atom. The SMILES string of the molecule is CCN1CCN(c2nc(Sc3ccccc3)cc3ccccc23)CC1. The molecule has 0 radical (unpaired) electrons. The number of likely N-dealkylation sites (N-methyl/N-ethyl adjacent to an activating group) is 1. The van der Waals surface area contributed by atoms with Crippen LogP contribution in [0.25, 0.3) is 10.8 Å². The van der Waals surface area contributed by atoms with Crippen LogP contribution >= 0.6 is 11.8 Å². The van der Waals surface area contributed by atoms with Crippen LogP contribution in [0.3, 0.4) is 0 Å². The molecule has 2 aromatic carbocycles. The Balaban J connectivity index is 1.69. The first-order valence-corrected chi connectivity index (χ1v) is 9.75. The van der Waals surface area contributed by atoms with E-state index in [9.17, 15) is 0 Å². The third kappa shape index (κ3) is 3.65. The molecule has 128 valence electrons. The average Bonchev–Trinajstić information content (AvgIpc) is 2.68. The zero-order valence-corrected chi connectivity index (χ0v) is 15.4. The van der Waals surface area contributed by atoms with Gasteiger partial charge in [0.05, 0.1) is 0 Å². The van der Waals surface area contributed by atoms with Crippen LogP contribution in [-0.4, -0.2) is 42.6 Å². The first-order valence-electron chi connectivity index (χ1n) is 8.93. The van der Waals surface area contributed by atoms with Crippen molar-refractivity contribution in [2.45, 2.75) is 16.8 Å². The Kier molecular flexibility index (Phi) is 4.90. The van der Waals surface area contributed by atoms with Gasteiger partial charge in [-0.2, -0.15) is 0 Å². The monoisotopic (exact) mass is 349 g/mol. The van der Waals surface area contributed by atoms with Crippen LogP contribution in [0.1, 0.15) is 6.92 Å². The van der Waals surface area contributed by atoms with E-state index < -0.39 is 0 Å². The Labute approximate surface area is 153 Å². The molecule has 1 saturated heterocycles. The molecule has 0 N–H and O–H groups in total. The average molecular weight is 350 g/mol. The lowest BCUT2D eigenvalue weighted by Crippen LogP contribution is -2.46. The number of hydrogen-bond acceptors (Lipinski definition) is 4. The normalized spacial score (nSPS) is 15.6. The highest BCUT2D eigenvalue weighted by Crippen LogP contribution is 2.33. The molecule has 0 aliphatic carbocycles. The molecule has 4 heteroatoms. The van der Waals surface area contributed by atoms with Crippen LogP contribution in [0, 0.1) is 0 Å². The van der Waals surface area contributed by atoms with Gasteiger partial charge in [-0.3, -0.25) is 0 Å². The van der Waals surface area contributed by atoms with Crippen LogP contribution in [0.2, 0.25) is 0 Å². The third-order valence-electron chi connectivity index (χ3n) is 4.78. The lowest BCUT2D eigenvalue weighted by atomic mass is 10.1. The number of benzene rings is 2. The molecule has 4 rings (SSSR count). The van der Waals surface area contributed by atoms with Gasteiger partial charge in [-0.25, -0.2) is 4.98 Å². The van der Waals surface area contributed by atoms with Crippen LogP contribution in [0.4, 0.5) is 5.82 Å². The lowest BCUT2D eigenvalue weighted by Gasteiger charge is -2.35. The van der Waals surface area contributed by atoms with E-state index in [2.05, 4.69) is 77.4 Å². The first-order chi connectivity index (χ1) is 12.3. The largest absolute Gasteiger partial charge is 0.353 e. The van der Waals surface area contributed by atoms with E-state index in [0.717, 1.165) is 43.6 Å². The van der Waals surface area contributed by atoms with E-state index in [1.54, 1.807) is 11.8 Å². The maximum Gasteiger partial charge on any atom is 0.137 e. The van der Waals surface area contributed by atoms with E-state index in [4.69, 9.17) is 4.98 Å². The fraction of sp³-hybridized carbons (Fsp3) is 0.286. The maximum absolute atomic E-state index is 5.04. The summed E-state index contributed by atoms with van der Waals surface area (Å²) in [6.07, 6.45) is 0. The second-order valence-electron chi connectivity index (χ2n) is 6.34. The molecule has 0 atom stereocenters. The molecule has 0 unspecified atom stereocenters. The van der Waals surface area contributed by atoms with E-state index >= 15 is 0 Å². The molecule has 3 nitrogen and oxygen atoms in total. The van der Waals surface area contributed by atoms with Crippen molar-refractivity contribution in [3.63, 3.8) is 0 Å². The summed E-state index contributed by atoms with van der Waals surface area (Å²) in [5, 5.41) is 3.59. The molecule has 0 spiro atoms. The van der Waals surface area contributed by atoms with Gasteiger partial charge in [0.15, 0.2) is 0 Å². The Morgan fingerprint density at radius 3 is 2.40 bits per heavy atom. The van der Waals surface area contributed by atoms with Crippen molar-refractivity contribution in [2.24, 2.45) is 0 Å². The van der Waals surface area contributed by atoms with Crippen molar-refractivity contribution in [3.05, 3.63) is 60.7 Å². The Morgan fingerprint density at radius 2 is 1.64 bits per heavy atom. The maximum atomic E-state index is 5.04. The number of fused-ring (bicyclic) bond motifs is 1. The predicted octanol–water partition coefficient (Wildman–Crippen LogP) is 4.53. The number of anilines is 1. The van der Waals surface area contributed by atoms with Gasteiger partial charge in [-0.15, -0.1) is 0 Å². The van der Waals surface area contributed by atoms with Crippen molar-refractivity contribution < 1.29 is 0 Å². The number of pyridine rings is 1. The van der Waals surface area contributed by atoms with E-state index in [-0.39, 0.29) is 0 Å². The van der Waals surface area contributed by atoms with Crippen LogP contribution in [-0.2, 0) is 0 Å². The smallest absolute Gasteiger partial charge is 0.137 e. The quantitative estimate of drug-likeness (QED) is 0.689. The molecule has 1 fully saturated rings. The molecular formula is C21H23N3S. The zero-order valence-electron chi connectivity index (χ0n) is 14.6. The van der Waals surface area contributed by atoms with Crippen LogP contribution in [0.5, 0.6) is 0 Å². The number of aromatic nitrogens is 1. The first kappa shape index (κ1) is 16.4. The summed E-state index contributed by atoms with van der Waals surface area (Å²) in [5.74, 6) is 1.13. The van der Waals surface area contributed by atoms with E-state index in [1.807, 2.05) is 0 Å². The predicted molar refractivity (Wildman–Crippen MR) is 107 cm³/mol. The summed E-state index contributed by atoms with van der Waals surface area (Å²) < 4.78 is 0. The molecule has 0 amide bonds. The minimum absolute atomic E-state index is 1.05. The molecule has 0 bridgehead atoms. The fourth-order valence-electron chi connectivity index (χ4n) is 3.33. The van der Waals surface area contributed by atoms with E-state index in [1.165, 1.54) is 15.7 Å². The number of rotatable bonds is 4. The second-order valence-corrected chi connectivity index (χ2v) is 7.44. The highest BCUT2D eigenvalue weighted by molar-refractivity contribution is 7.99. The zero-order chi connectivity index (χ0) is 17.1. The number of piperazine rings is 1. The van der Waals surface area contributed by atoms with Gasteiger partial charge < -0.3 is 9.80 Å². The summed E-state index contributed by atoms with van der Waals surface area (Å²) in [6.45, 7) is 7.69. The molecule has 0 saturated carbocycles. The molecule has 1 aromatic heterocycles. The minimum Gasteiger partial charge on any atom is -0.353 e. The summed E-state index contributed by atoms with van der Waals surface area (Å²) >= 11 is 1.74. The molecular weight excluding hydrogens is 326 g/mol. The van der Waals surface area contributed by atoms with Crippen LogP contribution < -0.4 is 4.90 Å². The molecule has 2 heterocycles. The molecule has 1 aliphatic rings. The van der Waals surface area contributed by atoms with Gasteiger partial charge in [0.25, 0.3) is 0 Å². The Hall–Kier alpha value is -2.04. The number of nitrogens with zero attached hydrogens (tertiary/aromatic N) is 3. The highest BCUT2D eigenvalue weighted by Gasteiger charge is 2.19. The summed E-state index contributed by atoms with van der Waals surface area (Å²) in [7, 11) is 0. The number of hydrogen-bond donors (Lipinski definition) is 0. The second kappa shape index (κ2) is 7.46. The summed E-state index contributed by atoms with van der Waals surface area (Å²) in [6, 6.07) is 21.3. The molecule has 3 aromatic rings. The standard InChI is InChI=1S/C21H23N3S/c1-2-23-12-14-24(15-13-23)21-19-11-7-6-8-17(19)16-20(22-21)25-18-9-4-3-5-10-18/h3-11,16H,2,12-15H2,1H3. The van der Waals surface area contributed by atoms with Crippen LogP contribution in [0.15, 0.2) is 70.6 Å². The van der Waals surface area contributed by atoms with Crippen molar-refractivity contribution >= 4 is 28.4 Å². The fourth-order valence-corrected chi connectivity index (χ4v) is 4.19. The Bertz CT molecular complexity index is 842. The van der Waals surface area contributed by atoms with Crippen molar-refractivity contribution in [3.8, 4) is 0 Å². The summed E-state index contributed by atoms with van der Waals surface area (Å²) in [5.41, 5.74) is 0. The minimum atomic E-state index is 1.05. The van der Waals surface area contributed by atoms with Gasteiger partial charge in [-0.1, -0.05) is 61.2 Å². The van der Waals surface area contributed by atoms with Gasteiger partial charge in [-0.05, 0) is 30.1 Å². The topological polar surface area (TPSA) is 19.4 Å². The van der Waals surface area contributed by atoms with Gasteiger partial charge in [0.1, 0.15) is 10.8 Å². The van der Waals surface area contributed by atoms with Gasteiger partial charge in [0.2, 0.25) is 0 Å². The van der Waals surface area contributed by atoms with Crippen molar-refractivity contribution in [1.82, 2.24) is 9.88 Å². The summed E-state index contributed by atoms with van der Waals surface area (Å²) in [4.78, 5) is 11.2. The van der Waals surface area contributed by atoms with Crippen molar-refractivity contribution in [1.29, 1.82) is 0 Å². The van der Waals surface area contributed by atoms with Gasteiger partial charge >= 0.3 is 0 Å². The third-order valence-corrected chi connectivity index (χ3v) is 5.71.